The molecule has 0 fully saturated rings. The molecular formula is C16H18Cl2N2. The quantitative estimate of drug-likeness (QED) is 0.891. The van der Waals surface area contributed by atoms with Gasteiger partial charge in [-0.3, -0.25) is 0 Å². The van der Waals surface area contributed by atoms with Crippen LogP contribution in [-0.2, 0) is 6.54 Å². The van der Waals surface area contributed by atoms with Crippen LogP contribution in [0.3, 0.4) is 0 Å². The van der Waals surface area contributed by atoms with Crippen molar-refractivity contribution in [3.8, 4) is 0 Å². The smallest absolute Gasteiger partial charge is 0.0642 e. The van der Waals surface area contributed by atoms with Crippen LogP contribution in [0, 0.1) is 0 Å². The van der Waals surface area contributed by atoms with Gasteiger partial charge in [-0.2, -0.15) is 0 Å². The maximum Gasteiger partial charge on any atom is 0.0642 e. The first-order valence-electron chi connectivity index (χ1n) is 6.48. The molecule has 0 unspecified atom stereocenters. The fraction of sp³-hybridized carbons (Fsp3) is 0.250. The zero-order chi connectivity index (χ0) is 14.7. The molecule has 20 heavy (non-hydrogen) atoms. The molecule has 0 aromatic heterocycles. The van der Waals surface area contributed by atoms with Crippen LogP contribution >= 0.6 is 23.2 Å². The van der Waals surface area contributed by atoms with Crippen molar-refractivity contribution in [2.45, 2.75) is 19.5 Å². The standard InChI is InChI=1S/C16H18Cl2N2/c1-11(19)13-5-8-16(15(18)9-13)20(2)10-12-3-6-14(17)7-4-12/h3-9,11H,10,19H2,1-2H3/t11-/m1/s1. The predicted molar refractivity (Wildman–Crippen MR) is 87.6 cm³/mol. The van der Waals surface area contributed by atoms with E-state index in [1.54, 1.807) is 0 Å². The summed E-state index contributed by atoms with van der Waals surface area (Å²) in [6.45, 7) is 2.72. The van der Waals surface area contributed by atoms with E-state index >= 15 is 0 Å². The Balaban J connectivity index is 2.16. The highest BCUT2D eigenvalue weighted by Crippen LogP contribution is 2.28. The van der Waals surface area contributed by atoms with E-state index in [2.05, 4.69) is 4.90 Å². The number of halogens is 2. The molecule has 0 saturated heterocycles. The summed E-state index contributed by atoms with van der Waals surface area (Å²) in [7, 11) is 2.02. The molecule has 0 heterocycles. The fourth-order valence-corrected chi connectivity index (χ4v) is 2.52. The summed E-state index contributed by atoms with van der Waals surface area (Å²) in [6, 6.07) is 13.8. The minimum atomic E-state index is -0.0110. The summed E-state index contributed by atoms with van der Waals surface area (Å²) in [5.74, 6) is 0. The van der Waals surface area contributed by atoms with E-state index in [9.17, 15) is 0 Å². The molecule has 4 heteroatoms. The minimum Gasteiger partial charge on any atom is -0.369 e. The third-order valence-electron chi connectivity index (χ3n) is 3.24. The number of nitrogens with zero attached hydrogens (tertiary/aromatic N) is 1. The van der Waals surface area contributed by atoms with Gasteiger partial charge in [0.2, 0.25) is 0 Å². The van der Waals surface area contributed by atoms with Gasteiger partial charge in [-0.05, 0) is 42.3 Å². The van der Waals surface area contributed by atoms with Gasteiger partial charge in [0.15, 0.2) is 0 Å². The van der Waals surface area contributed by atoms with Crippen molar-refractivity contribution in [2.75, 3.05) is 11.9 Å². The number of hydrogen-bond donors (Lipinski definition) is 1. The Morgan fingerprint density at radius 2 is 1.75 bits per heavy atom. The molecule has 1 atom stereocenters. The largest absolute Gasteiger partial charge is 0.369 e. The SMILES string of the molecule is C[C@@H](N)c1ccc(N(C)Cc2ccc(Cl)cc2)c(Cl)c1. The predicted octanol–water partition coefficient (Wildman–Crippen LogP) is 4.65. The van der Waals surface area contributed by atoms with Gasteiger partial charge in [-0.15, -0.1) is 0 Å². The second kappa shape index (κ2) is 6.49. The lowest BCUT2D eigenvalue weighted by Crippen LogP contribution is -2.17. The summed E-state index contributed by atoms with van der Waals surface area (Å²) in [5.41, 5.74) is 9.08. The van der Waals surface area contributed by atoms with E-state index in [0.29, 0.717) is 0 Å². The van der Waals surface area contributed by atoms with Crippen molar-refractivity contribution in [3.05, 3.63) is 63.6 Å². The molecule has 2 nitrogen and oxygen atoms in total. The van der Waals surface area contributed by atoms with E-state index in [4.69, 9.17) is 28.9 Å². The van der Waals surface area contributed by atoms with E-state index in [0.717, 1.165) is 27.8 Å². The molecule has 0 spiro atoms. The van der Waals surface area contributed by atoms with Crippen molar-refractivity contribution >= 4 is 28.9 Å². The van der Waals surface area contributed by atoms with Crippen LogP contribution in [0.2, 0.25) is 10.0 Å². The lowest BCUT2D eigenvalue weighted by Gasteiger charge is -2.21. The molecular weight excluding hydrogens is 291 g/mol. The number of benzene rings is 2. The Kier molecular flexibility index (Phi) is 4.92. The number of hydrogen-bond acceptors (Lipinski definition) is 2. The van der Waals surface area contributed by atoms with Gasteiger partial charge < -0.3 is 10.6 Å². The average molecular weight is 309 g/mol. The molecule has 106 valence electrons. The molecule has 0 radical (unpaired) electrons. The van der Waals surface area contributed by atoms with Crippen molar-refractivity contribution in [3.63, 3.8) is 0 Å². The van der Waals surface area contributed by atoms with E-state index in [-0.39, 0.29) is 6.04 Å². The van der Waals surface area contributed by atoms with Gasteiger partial charge in [-0.1, -0.05) is 41.4 Å². The van der Waals surface area contributed by atoms with Crippen LogP contribution in [0.5, 0.6) is 0 Å². The molecule has 2 aromatic carbocycles. The summed E-state index contributed by atoms with van der Waals surface area (Å²) in [5, 5.41) is 1.46. The molecule has 2 aromatic rings. The van der Waals surface area contributed by atoms with Crippen LogP contribution in [0.25, 0.3) is 0 Å². The Labute approximate surface area is 130 Å². The summed E-state index contributed by atoms with van der Waals surface area (Å²) in [4.78, 5) is 2.11. The van der Waals surface area contributed by atoms with Crippen molar-refractivity contribution in [1.82, 2.24) is 0 Å². The average Bonchev–Trinajstić information content (AvgIpc) is 2.41. The number of rotatable bonds is 4. The van der Waals surface area contributed by atoms with Gasteiger partial charge in [0.1, 0.15) is 0 Å². The maximum atomic E-state index is 6.34. The van der Waals surface area contributed by atoms with Crippen LogP contribution in [0.15, 0.2) is 42.5 Å². The highest BCUT2D eigenvalue weighted by Gasteiger charge is 2.09. The Hall–Kier alpha value is -1.22. The molecule has 0 saturated carbocycles. The second-order valence-corrected chi connectivity index (χ2v) is 5.83. The summed E-state index contributed by atoms with van der Waals surface area (Å²) >= 11 is 12.2. The first-order chi connectivity index (χ1) is 9.47. The first-order valence-corrected chi connectivity index (χ1v) is 7.23. The maximum absolute atomic E-state index is 6.34. The summed E-state index contributed by atoms with van der Waals surface area (Å²) < 4.78 is 0. The number of nitrogens with two attached hydrogens (primary N) is 1. The highest BCUT2D eigenvalue weighted by molar-refractivity contribution is 6.33. The van der Waals surface area contributed by atoms with Crippen molar-refractivity contribution in [1.29, 1.82) is 0 Å². The molecule has 2 rings (SSSR count). The lowest BCUT2D eigenvalue weighted by atomic mass is 10.1. The number of anilines is 1. The zero-order valence-electron chi connectivity index (χ0n) is 11.6. The minimum absolute atomic E-state index is 0.0110. The normalized spacial score (nSPS) is 12.2. The third-order valence-corrected chi connectivity index (χ3v) is 3.80. The highest BCUT2D eigenvalue weighted by atomic mass is 35.5. The van der Waals surface area contributed by atoms with Gasteiger partial charge in [0, 0.05) is 24.7 Å². The fourth-order valence-electron chi connectivity index (χ4n) is 2.06. The van der Waals surface area contributed by atoms with Crippen LogP contribution < -0.4 is 10.6 Å². The van der Waals surface area contributed by atoms with Gasteiger partial charge in [0.05, 0.1) is 10.7 Å². The lowest BCUT2D eigenvalue weighted by molar-refractivity contribution is 0.817. The second-order valence-electron chi connectivity index (χ2n) is 4.98. The molecule has 0 aliphatic carbocycles. The Morgan fingerprint density at radius 1 is 1.10 bits per heavy atom. The van der Waals surface area contributed by atoms with Crippen molar-refractivity contribution < 1.29 is 0 Å². The summed E-state index contributed by atoms with van der Waals surface area (Å²) in [6.07, 6.45) is 0. The van der Waals surface area contributed by atoms with Gasteiger partial charge in [-0.25, -0.2) is 0 Å². The van der Waals surface area contributed by atoms with Gasteiger partial charge in [0.25, 0.3) is 0 Å². The zero-order valence-corrected chi connectivity index (χ0v) is 13.1. The molecule has 0 aliphatic rings. The molecule has 2 N–H and O–H groups in total. The third kappa shape index (κ3) is 3.66. The van der Waals surface area contributed by atoms with Crippen LogP contribution in [-0.4, -0.2) is 7.05 Å². The van der Waals surface area contributed by atoms with Gasteiger partial charge >= 0.3 is 0 Å². The van der Waals surface area contributed by atoms with Crippen LogP contribution in [0.1, 0.15) is 24.1 Å². The monoisotopic (exact) mass is 308 g/mol. The molecule has 0 amide bonds. The Bertz CT molecular complexity index is 580. The molecule has 0 bridgehead atoms. The van der Waals surface area contributed by atoms with E-state index in [1.165, 1.54) is 5.56 Å². The van der Waals surface area contributed by atoms with Crippen LogP contribution in [0.4, 0.5) is 5.69 Å². The first kappa shape index (κ1) is 15.2. The topological polar surface area (TPSA) is 29.3 Å². The van der Waals surface area contributed by atoms with E-state index in [1.807, 2.05) is 56.4 Å². The van der Waals surface area contributed by atoms with E-state index < -0.39 is 0 Å². The van der Waals surface area contributed by atoms with Crippen molar-refractivity contribution in [2.24, 2.45) is 5.73 Å². The Morgan fingerprint density at radius 3 is 2.30 bits per heavy atom. The molecule has 0 aliphatic heterocycles.